The summed E-state index contributed by atoms with van der Waals surface area (Å²) >= 11 is 0. The van der Waals surface area contributed by atoms with E-state index in [1.54, 1.807) is 5.56 Å². The highest BCUT2D eigenvalue weighted by atomic mass is 16.6. The van der Waals surface area contributed by atoms with Gasteiger partial charge in [-0.25, -0.2) is 0 Å². The molecule has 5 atom stereocenters. The second-order valence-corrected chi connectivity index (χ2v) is 9.85. The molecule has 1 aliphatic heterocycles. The lowest BCUT2D eigenvalue weighted by Gasteiger charge is -2.56. The van der Waals surface area contributed by atoms with Crippen LogP contribution in [0.25, 0.3) is 0 Å². The number of hydrogen-bond donors (Lipinski definition) is 0. The highest BCUT2D eigenvalue weighted by Crippen LogP contribution is 2.91. The molecule has 0 radical (unpaired) electrons. The molecule has 120 valence electrons. The summed E-state index contributed by atoms with van der Waals surface area (Å²) in [4.78, 5) is 0. The van der Waals surface area contributed by atoms with E-state index in [0.717, 1.165) is 36.4 Å². The van der Waals surface area contributed by atoms with Crippen molar-refractivity contribution >= 4 is 12.6 Å². The molecule has 3 heteroatoms. The molecule has 0 amide bonds. The van der Waals surface area contributed by atoms with Crippen molar-refractivity contribution in [3.8, 4) is 0 Å². The van der Waals surface area contributed by atoms with Crippen LogP contribution >= 0.6 is 0 Å². The summed E-state index contributed by atoms with van der Waals surface area (Å²) in [6.07, 6.45) is 6.01. The van der Waals surface area contributed by atoms with E-state index < -0.39 is 0 Å². The fourth-order valence-corrected chi connectivity index (χ4v) is 6.91. The SMILES string of the molecule is CC1(C)COB(c2ccc(C34CC5CC6CC3(C4)C56)cc2)OC1. The lowest BCUT2D eigenvalue weighted by Crippen LogP contribution is -2.50. The molecular weight excluding hydrogens is 283 g/mol. The molecule has 5 fully saturated rings. The van der Waals surface area contributed by atoms with Crippen molar-refractivity contribution in [3.63, 3.8) is 0 Å². The Morgan fingerprint density at radius 3 is 2.35 bits per heavy atom. The summed E-state index contributed by atoms with van der Waals surface area (Å²) in [7, 11) is -0.171. The van der Waals surface area contributed by atoms with E-state index >= 15 is 0 Å². The van der Waals surface area contributed by atoms with E-state index in [0.29, 0.717) is 5.41 Å². The van der Waals surface area contributed by atoms with E-state index in [1.807, 2.05) is 0 Å². The molecule has 23 heavy (non-hydrogen) atoms. The van der Waals surface area contributed by atoms with Crippen molar-refractivity contribution in [2.45, 2.75) is 44.9 Å². The topological polar surface area (TPSA) is 18.5 Å². The minimum atomic E-state index is -0.171. The third-order valence-electron chi connectivity index (χ3n) is 7.93. The molecule has 4 aliphatic carbocycles. The standard InChI is InChI=1S/C20H25BO2/c1-18(2)11-22-21(23-12-18)16-5-3-15(4-6-16)19-8-13-7-14-9-20(19,10-19)17(13)14/h3-6,13-14,17H,7-12H2,1-2H3. The second kappa shape index (κ2) is 3.88. The fourth-order valence-electron chi connectivity index (χ4n) is 6.91. The molecule has 2 nitrogen and oxygen atoms in total. The van der Waals surface area contributed by atoms with Crippen LogP contribution in [-0.4, -0.2) is 20.3 Å². The van der Waals surface area contributed by atoms with Crippen LogP contribution in [0.15, 0.2) is 24.3 Å². The van der Waals surface area contributed by atoms with Crippen molar-refractivity contribution in [2.24, 2.45) is 28.6 Å². The van der Waals surface area contributed by atoms with Crippen molar-refractivity contribution in [2.75, 3.05) is 13.2 Å². The van der Waals surface area contributed by atoms with Gasteiger partial charge in [-0.2, -0.15) is 0 Å². The van der Waals surface area contributed by atoms with Gasteiger partial charge in [0.2, 0.25) is 0 Å². The molecule has 1 aromatic carbocycles. The Morgan fingerprint density at radius 1 is 1.00 bits per heavy atom. The largest absolute Gasteiger partial charge is 0.493 e. The van der Waals surface area contributed by atoms with Crippen LogP contribution in [0.5, 0.6) is 0 Å². The Morgan fingerprint density at radius 2 is 1.70 bits per heavy atom. The number of hydrogen-bond acceptors (Lipinski definition) is 2. The highest BCUT2D eigenvalue weighted by molar-refractivity contribution is 6.61. The van der Waals surface area contributed by atoms with Crippen molar-refractivity contribution in [3.05, 3.63) is 29.8 Å². The van der Waals surface area contributed by atoms with E-state index in [1.165, 1.54) is 31.1 Å². The zero-order chi connectivity index (χ0) is 15.4. The first-order valence-corrected chi connectivity index (χ1v) is 9.37. The van der Waals surface area contributed by atoms with Gasteiger partial charge in [-0.3, -0.25) is 0 Å². The zero-order valence-electron chi connectivity index (χ0n) is 14.2. The molecule has 0 N–H and O–H groups in total. The summed E-state index contributed by atoms with van der Waals surface area (Å²) in [5.74, 6) is 3.28. The lowest BCUT2D eigenvalue weighted by atomic mass is 9.48. The quantitative estimate of drug-likeness (QED) is 0.782. The Bertz CT molecular complexity index is 673. The van der Waals surface area contributed by atoms with E-state index in [2.05, 4.69) is 38.1 Å². The third-order valence-corrected chi connectivity index (χ3v) is 7.93. The molecule has 6 rings (SSSR count). The summed E-state index contributed by atoms with van der Waals surface area (Å²) < 4.78 is 11.9. The molecule has 0 bridgehead atoms. The average molecular weight is 308 g/mol. The van der Waals surface area contributed by atoms with Gasteiger partial charge in [-0.05, 0) is 59.9 Å². The van der Waals surface area contributed by atoms with Crippen LogP contribution in [0.2, 0.25) is 0 Å². The van der Waals surface area contributed by atoms with Gasteiger partial charge >= 0.3 is 7.12 Å². The third kappa shape index (κ3) is 1.50. The summed E-state index contributed by atoms with van der Waals surface area (Å²) in [6, 6.07) is 9.29. The Hall–Kier alpha value is -0.795. The lowest BCUT2D eigenvalue weighted by molar-refractivity contribution is -0.0774. The average Bonchev–Trinajstić information content (AvgIpc) is 3.14. The summed E-state index contributed by atoms with van der Waals surface area (Å²) in [5.41, 5.74) is 4.22. The highest BCUT2D eigenvalue weighted by Gasteiger charge is 2.85. The molecule has 1 aromatic rings. The molecule has 4 saturated carbocycles. The van der Waals surface area contributed by atoms with E-state index in [9.17, 15) is 0 Å². The van der Waals surface area contributed by atoms with Gasteiger partial charge in [-0.15, -0.1) is 0 Å². The smallest absolute Gasteiger partial charge is 0.407 e. The van der Waals surface area contributed by atoms with Crippen LogP contribution in [0.3, 0.4) is 0 Å². The Labute approximate surface area is 139 Å². The van der Waals surface area contributed by atoms with Crippen LogP contribution in [-0.2, 0) is 14.7 Å². The summed E-state index contributed by atoms with van der Waals surface area (Å²) in [5, 5.41) is 0. The predicted octanol–water partition coefficient (Wildman–Crippen LogP) is 3.14. The first-order valence-electron chi connectivity index (χ1n) is 9.37. The van der Waals surface area contributed by atoms with Gasteiger partial charge in [0.05, 0.1) is 0 Å². The van der Waals surface area contributed by atoms with Crippen LogP contribution < -0.4 is 5.46 Å². The normalized spacial score (nSPS) is 48.1. The van der Waals surface area contributed by atoms with Gasteiger partial charge in [-0.1, -0.05) is 38.1 Å². The predicted molar refractivity (Wildman–Crippen MR) is 90.6 cm³/mol. The van der Waals surface area contributed by atoms with Gasteiger partial charge in [0, 0.05) is 24.0 Å². The Balaban J connectivity index is 1.24. The van der Waals surface area contributed by atoms with Crippen molar-refractivity contribution < 1.29 is 9.31 Å². The second-order valence-electron chi connectivity index (χ2n) is 9.85. The molecule has 5 aliphatic rings. The molecule has 0 aromatic heterocycles. The maximum Gasteiger partial charge on any atom is 0.493 e. The number of rotatable bonds is 2. The van der Waals surface area contributed by atoms with E-state index in [-0.39, 0.29) is 12.5 Å². The molecule has 5 unspecified atom stereocenters. The van der Waals surface area contributed by atoms with Gasteiger partial charge in [0.15, 0.2) is 0 Å². The monoisotopic (exact) mass is 308 g/mol. The van der Waals surface area contributed by atoms with Crippen LogP contribution in [0, 0.1) is 28.6 Å². The molecule has 1 heterocycles. The molecular formula is C20H25BO2. The molecule has 1 spiro atoms. The maximum atomic E-state index is 5.93. The maximum absolute atomic E-state index is 5.93. The minimum absolute atomic E-state index is 0.139. The van der Waals surface area contributed by atoms with Gasteiger partial charge in [0.25, 0.3) is 0 Å². The fraction of sp³-hybridized carbons (Fsp3) is 0.700. The summed E-state index contributed by atoms with van der Waals surface area (Å²) in [6.45, 7) is 5.94. The zero-order valence-corrected chi connectivity index (χ0v) is 14.2. The van der Waals surface area contributed by atoms with Gasteiger partial charge in [0.1, 0.15) is 0 Å². The Kier molecular flexibility index (Phi) is 2.28. The van der Waals surface area contributed by atoms with Crippen molar-refractivity contribution in [1.82, 2.24) is 0 Å². The number of benzene rings is 1. The first-order chi connectivity index (χ1) is 11.0. The molecule has 1 saturated heterocycles. The van der Waals surface area contributed by atoms with Crippen molar-refractivity contribution in [1.29, 1.82) is 0 Å². The van der Waals surface area contributed by atoms with Crippen LogP contribution in [0.1, 0.15) is 45.1 Å². The van der Waals surface area contributed by atoms with Gasteiger partial charge < -0.3 is 9.31 Å². The minimum Gasteiger partial charge on any atom is -0.407 e. The first kappa shape index (κ1) is 13.5. The van der Waals surface area contributed by atoms with Crippen LogP contribution in [0.4, 0.5) is 0 Å². The van der Waals surface area contributed by atoms with E-state index in [4.69, 9.17) is 9.31 Å².